The van der Waals surface area contributed by atoms with Crippen molar-refractivity contribution in [3.05, 3.63) is 47.8 Å². The Balaban J connectivity index is 1.76. The molecule has 0 unspecified atom stereocenters. The van der Waals surface area contributed by atoms with Crippen LogP contribution in [-0.2, 0) is 15.1 Å². The van der Waals surface area contributed by atoms with Crippen LogP contribution < -0.4 is 5.32 Å². The summed E-state index contributed by atoms with van der Waals surface area (Å²) < 4.78 is 4.62. The van der Waals surface area contributed by atoms with Gasteiger partial charge in [0.05, 0.1) is 19.2 Å². The minimum absolute atomic E-state index is 0.0368. The Morgan fingerprint density at radius 3 is 2.42 bits per heavy atom. The Hall–Kier alpha value is -3.00. The standard InChI is InChI=1S/C23H31N5O3/c1-17(15-25-19(24-2)20(29)31-5)28-16-22(26-21(28)30)11-13-23(14-12-22,27(3)4)18-9-7-6-8-10-18/h6-10,15H,2,11-14,16H2,1,3-5H3,(H,26,30)/b17-15+,25-19-/t22-,23+. The van der Waals surface area contributed by atoms with Crippen molar-refractivity contribution in [2.24, 2.45) is 9.98 Å². The fourth-order valence-electron chi connectivity index (χ4n) is 4.63. The van der Waals surface area contributed by atoms with Crippen LogP contribution >= 0.6 is 0 Å². The van der Waals surface area contributed by atoms with Crippen molar-refractivity contribution >= 4 is 24.6 Å². The summed E-state index contributed by atoms with van der Waals surface area (Å²) in [5, 5.41) is 3.22. The van der Waals surface area contributed by atoms with Gasteiger partial charge in [-0.2, -0.15) is 0 Å². The average molecular weight is 426 g/mol. The van der Waals surface area contributed by atoms with Crippen LogP contribution in [0.4, 0.5) is 4.79 Å². The number of benzene rings is 1. The van der Waals surface area contributed by atoms with Gasteiger partial charge in [0.15, 0.2) is 0 Å². The van der Waals surface area contributed by atoms with Crippen LogP contribution in [0.2, 0.25) is 0 Å². The number of esters is 1. The topological polar surface area (TPSA) is 86.6 Å². The number of methoxy groups -OCH3 is 1. The number of urea groups is 1. The number of nitrogens with one attached hydrogen (secondary N) is 1. The lowest BCUT2D eigenvalue weighted by Gasteiger charge is -2.48. The van der Waals surface area contributed by atoms with Crippen molar-refractivity contribution in [1.29, 1.82) is 0 Å². The van der Waals surface area contributed by atoms with Gasteiger partial charge in [-0.25, -0.2) is 19.6 Å². The lowest BCUT2D eigenvalue weighted by atomic mass is 9.69. The summed E-state index contributed by atoms with van der Waals surface area (Å²) >= 11 is 0. The first-order valence-electron chi connectivity index (χ1n) is 10.4. The third-order valence-corrected chi connectivity index (χ3v) is 6.60. The number of hydrogen-bond donors (Lipinski definition) is 1. The van der Waals surface area contributed by atoms with Crippen LogP contribution in [0.1, 0.15) is 38.2 Å². The molecule has 31 heavy (non-hydrogen) atoms. The molecule has 1 heterocycles. The highest BCUT2D eigenvalue weighted by molar-refractivity contribution is 6.36. The number of rotatable bonds is 4. The molecular formula is C23H31N5O3. The molecule has 1 aliphatic heterocycles. The summed E-state index contributed by atoms with van der Waals surface area (Å²) in [6, 6.07) is 10.4. The summed E-state index contributed by atoms with van der Waals surface area (Å²) in [6.45, 7) is 5.69. The molecule has 3 rings (SSSR count). The van der Waals surface area contributed by atoms with E-state index in [1.54, 1.807) is 11.8 Å². The highest BCUT2D eigenvalue weighted by atomic mass is 16.5. The molecule has 1 aromatic rings. The maximum Gasteiger partial charge on any atom is 0.376 e. The summed E-state index contributed by atoms with van der Waals surface area (Å²) in [5.74, 6) is -0.818. The number of hydrogen-bond acceptors (Lipinski definition) is 5. The van der Waals surface area contributed by atoms with E-state index >= 15 is 0 Å². The maximum absolute atomic E-state index is 12.7. The number of carbonyl (C=O) groups excluding carboxylic acids is 2. The molecule has 2 fully saturated rings. The first-order valence-corrected chi connectivity index (χ1v) is 10.4. The molecule has 8 heteroatoms. The van der Waals surface area contributed by atoms with Gasteiger partial charge >= 0.3 is 12.0 Å². The summed E-state index contributed by atoms with van der Waals surface area (Å²) in [6.07, 6.45) is 5.11. The number of nitrogens with zero attached hydrogens (tertiary/aromatic N) is 4. The Kier molecular flexibility index (Phi) is 6.59. The van der Waals surface area contributed by atoms with E-state index in [1.807, 2.05) is 6.07 Å². The number of amides is 2. The normalized spacial score (nSPS) is 26.9. The Morgan fingerprint density at radius 2 is 1.87 bits per heavy atom. The zero-order valence-corrected chi connectivity index (χ0v) is 18.7. The number of amidine groups is 1. The number of carbonyl (C=O) groups is 2. The Bertz CT molecular complexity index is 899. The Morgan fingerprint density at radius 1 is 1.23 bits per heavy atom. The van der Waals surface area contributed by atoms with Gasteiger partial charge in [0, 0.05) is 17.4 Å². The quantitative estimate of drug-likeness (QED) is 0.457. The number of ether oxygens (including phenoxy) is 1. The second-order valence-electron chi connectivity index (χ2n) is 8.46. The molecular weight excluding hydrogens is 394 g/mol. The van der Waals surface area contributed by atoms with E-state index < -0.39 is 5.97 Å². The molecule has 2 amide bonds. The van der Waals surface area contributed by atoms with Gasteiger partial charge in [0.25, 0.3) is 0 Å². The van der Waals surface area contributed by atoms with E-state index in [1.165, 1.54) is 18.9 Å². The number of allylic oxidation sites excluding steroid dienone is 1. The number of aliphatic imine (C=N–C) groups is 2. The van der Waals surface area contributed by atoms with Crippen LogP contribution in [0, 0.1) is 0 Å². The molecule has 1 saturated carbocycles. The lowest BCUT2D eigenvalue weighted by molar-refractivity contribution is -0.132. The molecule has 1 aliphatic carbocycles. The zero-order valence-electron chi connectivity index (χ0n) is 18.7. The molecule has 2 aliphatic rings. The minimum atomic E-state index is -0.672. The molecule has 1 saturated heterocycles. The van der Waals surface area contributed by atoms with Crippen molar-refractivity contribution < 1.29 is 14.3 Å². The molecule has 1 aromatic carbocycles. The summed E-state index contributed by atoms with van der Waals surface area (Å²) in [5.41, 5.74) is 1.64. The van der Waals surface area contributed by atoms with Gasteiger partial charge in [0.1, 0.15) is 0 Å². The van der Waals surface area contributed by atoms with E-state index in [9.17, 15) is 9.59 Å². The van der Waals surface area contributed by atoms with Gasteiger partial charge < -0.3 is 10.1 Å². The van der Waals surface area contributed by atoms with Crippen molar-refractivity contribution in [1.82, 2.24) is 15.1 Å². The van der Waals surface area contributed by atoms with Gasteiger partial charge in [-0.1, -0.05) is 30.3 Å². The van der Waals surface area contributed by atoms with Crippen molar-refractivity contribution in [2.45, 2.75) is 43.7 Å². The molecule has 1 spiro atoms. The lowest BCUT2D eigenvalue weighted by Crippen LogP contribution is -2.53. The van der Waals surface area contributed by atoms with Crippen LogP contribution in [-0.4, -0.2) is 67.6 Å². The van der Waals surface area contributed by atoms with Crippen LogP contribution in [0.25, 0.3) is 0 Å². The third-order valence-electron chi connectivity index (χ3n) is 6.60. The second-order valence-corrected chi connectivity index (χ2v) is 8.46. The molecule has 166 valence electrons. The fourth-order valence-corrected chi connectivity index (χ4v) is 4.63. The summed E-state index contributed by atoms with van der Waals surface area (Å²) in [7, 11) is 5.51. The fraction of sp³-hybridized carbons (Fsp3) is 0.478. The highest BCUT2D eigenvalue weighted by Crippen LogP contribution is 2.46. The van der Waals surface area contributed by atoms with E-state index in [0.717, 1.165) is 25.7 Å². The van der Waals surface area contributed by atoms with Crippen LogP contribution in [0.5, 0.6) is 0 Å². The maximum atomic E-state index is 12.7. The zero-order chi connectivity index (χ0) is 22.6. The smallest absolute Gasteiger partial charge is 0.376 e. The first-order chi connectivity index (χ1) is 14.8. The van der Waals surface area contributed by atoms with Crippen molar-refractivity contribution in [3.63, 3.8) is 0 Å². The molecule has 0 bridgehead atoms. The van der Waals surface area contributed by atoms with E-state index in [0.29, 0.717) is 12.2 Å². The first kappa shape index (κ1) is 22.7. The van der Waals surface area contributed by atoms with Gasteiger partial charge in [-0.3, -0.25) is 9.80 Å². The van der Waals surface area contributed by atoms with Crippen LogP contribution in [0.3, 0.4) is 0 Å². The molecule has 0 radical (unpaired) electrons. The van der Waals surface area contributed by atoms with Gasteiger partial charge in [-0.05, 0) is 59.0 Å². The SMILES string of the molecule is C=N/C(=N\C=C(/C)N1C[C@]2(CC[C@](c3ccccc3)(N(C)C)CC2)NC1=O)C(=O)OC. The predicted molar refractivity (Wildman–Crippen MR) is 121 cm³/mol. The largest absolute Gasteiger partial charge is 0.463 e. The van der Waals surface area contributed by atoms with E-state index in [-0.39, 0.29) is 22.9 Å². The molecule has 8 nitrogen and oxygen atoms in total. The van der Waals surface area contributed by atoms with Gasteiger partial charge in [0.2, 0.25) is 5.84 Å². The van der Waals surface area contributed by atoms with E-state index in [4.69, 9.17) is 0 Å². The van der Waals surface area contributed by atoms with Gasteiger partial charge in [-0.15, -0.1) is 0 Å². The summed E-state index contributed by atoms with van der Waals surface area (Å²) in [4.78, 5) is 35.9. The van der Waals surface area contributed by atoms with Crippen molar-refractivity contribution in [2.75, 3.05) is 27.7 Å². The minimum Gasteiger partial charge on any atom is -0.463 e. The van der Waals surface area contributed by atoms with Crippen molar-refractivity contribution in [3.8, 4) is 0 Å². The Labute approximate surface area is 183 Å². The molecule has 1 N–H and O–H groups in total. The average Bonchev–Trinajstić information content (AvgIpc) is 3.10. The monoisotopic (exact) mass is 425 g/mol. The molecule has 0 aromatic heterocycles. The third kappa shape index (κ3) is 4.39. The molecule has 0 atom stereocenters. The van der Waals surface area contributed by atoms with Crippen LogP contribution in [0.15, 0.2) is 52.2 Å². The highest BCUT2D eigenvalue weighted by Gasteiger charge is 2.50. The second kappa shape index (κ2) is 9.01. The van der Waals surface area contributed by atoms with E-state index in [2.05, 4.69) is 70.0 Å². The predicted octanol–water partition coefficient (Wildman–Crippen LogP) is 2.91.